The van der Waals surface area contributed by atoms with Crippen LogP contribution in [0.2, 0.25) is 0 Å². The van der Waals surface area contributed by atoms with Gasteiger partial charge in [0.2, 0.25) is 5.91 Å². The van der Waals surface area contributed by atoms with E-state index >= 15 is 0 Å². The minimum absolute atomic E-state index is 0.253. The Morgan fingerprint density at radius 1 is 1.43 bits per heavy atom. The number of amides is 1. The summed E-state index contributed by atoms with van der Waals surface area (Å²) in [5, 5.41) is 13.4. The molecule has 1 saturated heterocycles. The predicted octanol–water partition coefficient (Wildman–Crippen LogP) is 1.54. The average Bonchev–Trinajstić information content (AvgIpc) is 3.21. The molecule has 124 valence electrons. The number of aromatic nitrogens is 3. The number of thiophene rings is 1. The summed E-state index contributed by atoms with van der Waals surface area (Å²) in [6.45, 7) is 3.35. The van der Waals surface area contributed by atoms with E-state index in [0.717, 1.165) is 49.6 Å². The first kappa shape index (κ1) is 16.1. The fourth-order valence-electron chi connectivity index (χ4n) is 2.99. The van der Waals surface area contributed by atoms with Crippen LogP contribution in [-0.4, -0.2) is 45.9 Å². The van der Waals surface area contributed by atoms with E-state index in [1.165, 1.54) is 0 Å². The quantitative estimate of drug-likeness (QED) is 0.871. The van der Waals surface area contributed by atoms with Gasteiger partial charge in [-0.15, -0.1) is 16.4 Å². The maximum Gasteiger partial charge on any atom is 0.227 e. The van der Waals surface area contributed by atoms with E-state index in [2.05, 4.69) is 15.6 Å². The van der Waals surface area contributed by atoms with E-state index in [0.29, 0.717) is 12.3 Å². The highest BCUT2D eigenvalue weighted by atomic mass is 32.1. The van der Waals surface area contributed by atoms with Gasteiger partial charge in [-0.1, -0.05) is 11.3 Å². The first-order valence-corrected chi connectivity index (χ1v) is 8.96. The second kappa shape index (κ2) is 7.70. The monoisotopic (exact) mass is 333 g/mol. The van der Waals surface area contributed by atoms with E-state index in [1.54, 1.807) is 11.3 Å². The number of hydrogen-bond acceptors (Lipinski definition) is 5. The molecule has 6 nitrogen and oxygen atoms in total. The van der Waals surface area contributed by atoms with Gasteiger partial charge in [-0.05, 0) is 37.3 Å². The molecule has 1 fully saturated rings. The Balaban J connectivity index is 1.45. The molecule has 0 aromatic carbocycles. The molecule has 3 heterocycles. The topological polar surface area (TPSA) is 63.1 Å². The van der Waals surface area contributed by atoms with Crippen LogP contribution >= 0.6 is 11.3 Å². The number of rotatable bonds is 6. The third-order valence-electron chi connectivity index (χ3n) is 4.26. The molecular weight excluding hydrogens is 310 g/mol. The van der Waals surface area contributed by atoms with E-state index in [1.807, 2.05) is 40.3 Å². The van der Waals surface area contributed by atoms with Gasteiger partial charge in [0.05, 0.1) is 12.1 Å². The molecule has 0 aliphatic carbocycles. The zero-order valence-corrected chi connectivity index (χ0v) is 14.3. The molecule has 0 atom stereocenters. The summed E-state index contributed by atoms with van der Waals surface area (Å²) in [6.07, 6.45) is 4.62. The van der Waals surface area contributed by atoms with Crippen molar-refractivity contribution in [3.63, 3.8) is 0 Å². The lowest BCUT2D eigenvalue weighted by molar-refractivity contribution is -0.131. The van der Waals surface area contributed by atoms with Gasteiger partial charge in [-0.3, -0.25) is 9.48 Å². The molecule has 2 aromatic rings. The molecule has 1 aliphatic rings. The second-order valence-electron chi connectivity index (χ2n) is 6.04. The highest BCUT2D eigenvalue weighted by Crippen LogP contribution is 2.20. The number of nitrogens with zero attached hydrogens (tertiary/aromatic N) is 4. The van der Waals surface area contributed by atoms with Crippen LogP contribution in [0.5, 0.6) is 0 Å². The van der Waals surface area contributed by atoms with Gasteiger partial charge < -0.3 is 10.2 Å². The van der Waals surface area contributed by atoms with Crippen molar-refractivity contribution in [1.29, 1.82) is 0 Å². The van der Waals surface area contributed by atoms with Crippen molar-refractivity contribution in [1.82, 2.24) is 25.2 Å². The minimum Gasteiger partial charge on any atom is -0.342 e. The van der Waals surface area contributed by atoms with Gasteiger partial charge in [-0.2, -0.15) is 0 Å². The molecule has 1 amide bonds. The zero-order chi connectivity index (χ0) is 16.1. The van der Waals surface area contributed by atoms with Gasteiger partial charge >= 0.3 is 0 Å². The first-order valence-electron chi connectivity index (χ1n) is 8.08. The van der Waals surface area contributed by atoms with E-state index in [-0.39, 0.29) is 5.91 Å². The van der Waals surface area contributed by atoms with Gasteiger partial charge in [-0.25, -0.2) is 0 Å². The number of piperidine rings is 1. The molecule has 2 aromatic heterocycles. The van der Waals surface area contributed by atoms with Crippen molar-refractivity contribution in [3.8, 4) is 0 Å². The molecular formula is C16H23N5OS. The predicted molar refractivity (Wildman–Crippen MR) is 90.1 cm³/mol. The fourth-order valence-corrected chi connectivity index (χ4v) is 3.69. The summed E-state index contributed by atoms with van der Waals surface area (Å²) < 4.78 is 1.93. The Morgan fingerprint density at radius 3 is 2.96 bits per heavy atom. The van der Waals surface area contributed by atoms with Crippen LogP contribution < -0.4 is 5.32 Å². The summed E-state index contributed by atoms with van der Waals surface area (Å²) >= 11 is 1.65. The lowest BCUT2D eigenvalue weighted by Gasteiger charge is -2.31. The smallest absolute Gasteiger partial charge is 0.227 e. The molecule has 7 heteroatoms. The lowest BCUT2D eigenvalue weighted by atomic mass is 9.96. The first-order chi connectivity index (χ1) is 11.2. The molecule has 23 heavy (non-hydrogen) atoms. The molecule has 0 saturated carbocycles. The Hall–Kier alpha value is -1.73. The summed E-state index contributed by atoms with van der Waals surface area (Å²) in [6, 6.07) is 4.03. The Morgan fingerprint density at radius 2 is 2.26 bits per heavy atom. The van der Waals surface area contributed by atoms with Crippen molar-refractivity contribution in [2.24, 2.45) is 5.92 Å². The highest BCUT2D eigenvalue weighted by Gasteiger charge is 2.23. The van der Waals surface area contributed by atoms with Crippen molar-refractivity contribution < 1.29 is 4.79 Å². The standard InChI is InChI=1S/C16H23N5OS/c1-17-10-14-12-21(19-18-14)11-13-4-6-20(7-5-13)16(22)9-15-3-2-8-23-15/h2-3,8,12-13,17H,4-7,9-11H2,1H3. The molecule has 0 radical (unpaired) electrons. The number of carbonyl (C=O) groups is 1. The highest BCUT2D eigenvalue weighted by molar-refractivity contribution is 7.10. The van der Waals surface area contributed by atoms with E-state index in [4.69, 9.17) is 0 Å². The molecule has 0 bridgehead atoms. The SMILES string of the molecule is CNCc1cn(CC2CCN(C(=O)Cc3cccs3)CC2)nn1. The fraction of sp³-hybridized carbons (Fsp3) is 0.562. The van der Waals surface area contributed by atoms with Gasteiger partial charge in [0, 0.05) is 37.3 Å². The van der Waals surface area contributed by atoms with E-state index < -0.39 is 0 Å². The second-order valence-corrected chi connectivity index (χ2v) is 7.07. The van der Waals surface area contributed by atoms with Crippen molar-refractivity contribution in [2.45, 2.75) is 32.4 Å². The van der Waals surface area contributed by atoms with Crippen LogP contribution in [0.15, 0.2) is 23.7 Å². The van der Waals surface area contributed by atoms with Gasteiger partial charge in [0.25, 0.3) is 0 Å². The summed E-state index contributed by atoms with van der Waals surface area (Å²) in [4.78, 5) is 15.5. The van der Waals surface area contributed by atoms with Crippen molar-refractivity contribution >= 4 is 17.2 Å². The Labute approximate surface area is 140 Å². The van der Waals surface area contributed by atoms with Gasteiger partial charge in [0.15, 0.2) is 0 Å². The third kappa shape index (κ3) is 4.39. The Kier molecular flexibility index (Phi) is 5.40. The molecule has 1 aliphatic heterocycles. The maximum absolute atomic E-state index is 12.3. The molecule has 0 unspecified atom stereocenters. The summed E-state index contributed by atoms with van der Waals surface area (Å²) in [5.74, 6) is 0.827. The van der Waals surface area contributed by atoms with Crippen LogP contribution in [0.4, 0.5) is 0 Å². The lowest BCUT2D eigenvalue weighted by Crippen LogP contribution is -2.40. The van der Waals surface area contributed by atoms with Crippen LogP contribution in [0.25, 0.3) is 0 Å². The summed E-state index contributed by atoms with van der Waals surface area (Å²) in [5.41, 5.74) is 0.969. The minimum atomic E-state index is 0.253. The molecule has 0 spiro atoms. The largest absolute Gasteiger partial charge is 0.342 e. The number of carbonyl (C=O) groups excluding carboxylic acids is 1. The Bertz CT molecular complexity index is 616. The maximum atomic E-state index is 12.3. The average molecular weight is 333 g/mol. The van der Waals surface area contributed by atoms with Crippen LogP contribution in [0.1, 0.15) is 23.4 Å². The van der Waals surface area contributed by atoms with Crippen molar-refractivity contribution in [3.05, 3.63) is 34.3 Å². The van der Waals surface area contributed by atoms with Crippen LogP contribution in [0.3, 0.4) is 0 Å². The molecule has 3 rings (SSSR count). The summed E-state index contributed by atoms with van der Waals surface area (Å²) in [7, 11) is 1.90. The number of hydrogen-bond donors (Lipinski definition) is 1. The van der Waals surface area contributed by atoms with Crippen LogP contribution in [-0.2, 0) is 24.3 Å². The third-order valence-corrected chi connectivity index (χ3v) is 5.14. The number of likely N-dealkylation sites (tertiary alicyclic amines) is 1. The molecule has 1 N–H and O–H groups in total. The van der Waals surface area contributed by atoms with Crippen molar-refractivity contribution in [2.75, 3.05) is 20.1 Å². The van der Waals surface area contributed by atoms with Crippen LogP contribution in [0, 0.1) is 5.92 Å². The zero-order valence-electron chi connectivity index (χ0n) is 13.4. The normalized spacial score (nSPS) is 16.0. The van der Waals surface area contributed by atoms with Gasteiger partial charge in [0.1, 0.15) is 0 Å². The van der Waals surface area contributed by atoms with E-state index in [9.17, 15) is 4.79 Å². The number of nitrogens with one attached hydrogen (secondary N) is 1.